The molecule has 2 aromatic rings. The molecule has 22 heavy (non-hydrogen) atoms. The highest BCUT2D eigenvalue weighted by Gasteiger charge is 2.18. The van der Waals surface area contributed by atoms with Gasteiger partial charge in [-0.05, 0) is 43.2 Å². The van der Waals surface area contributed by atoms with Crippen LogP contribution in [0.15, 0.2) is 41.0 Å². The van der Waals surface area contributed by atoms with Gasteiger partial charge in [0.05, 0.1) is 19.5 Å². The zero-order chi connectivity index (χ0) is 14.8. The number of benzene rings is 1. The zero-order valence-electron chi connectivity index (χ0n) is 12.8. The maximum Gasteiger partial charge on any atom is 0.133 e. The molecule has 4 heteroatoms. The number of furan rings is 1. The Labute approximate surface area is 131 Å². The summed E-state index contributed by atoms with van der Waals surface area (Å²) >= 11 is 0. The molecule has 0 amide bonds. The number of ether oxygens (including phenoxy) is 1. The van der Waals surface area contributed by atoms with Gasteiger partial charge in [0.15, 0.2) is 0 Å². The van der Waals surface area contributed by atoms with Crippen LogP contribution < -0.4 is 9.80 Å². The van der Waals surface area contributed by atoms with Gasteiger partial charge < -0.3 is 19.0 Å². The van der Waals surface area contributed by atoms with Gasteiger partial charge in [-0.2, -0.15) is 0 Å². The Bertz CT molecular complexity index is 612. The fourth-order valence-electron chi connectivity index (χ4n) is 3.34. The molecule has 1 aromatic heterocycles. The van der Waals surface area contributed by atoms with Crippen LogP contribution in [0.4, 0.5) is 11.4 Å². The van der Waals surface area contributed by atoms with E-state index in [0.717, 1.165) is 50.7 Å². The molecule has 0 atom stereocenters. The molecule has 3 heterocycles. The average Bonchev–Trinajstić information content (AvgIpc) is 3.29. The topological polar surface area (TPSA) is 28.9 Å². The molecule has 4 rings (SSSR count). The van der Waals surface area contributed by atoms with Crippen LogP contribution in [0.25, 0.3) is 11.3 Å². The van der Waals surface area contributed by atoms with Crippen LogP contribution in [0.3, 0.4) is 0 Å². The van der Waals surface area contributed by atoms with Crippen LogP contribution in [-0.2, 0) is 4.74 Å². The van der Waals surface area contributed by atoms with Crippen molar-refractivity contribution in [3.8, 4) is 11.3 Å². The lowest BCUT2D eigenvalue weighted by Crippen LogP contribution is -2.36. The Hall–Kier alpha value is -1.94. The van der Waals surface area contributed by atoms with Crippen molar-refractivity contribution in [1.29, 1.82) is 0 Å². The minimum Gasteiger partial charge on any atom is -0.464 e. The Kier molecular flexibility index (Phi) is 3.77. The number of rotatable bonds is 3. The van der Waals surface area contributed by atoms with Gasteiger partial charge in [0.1, 0.15) is 5.76 Å². The highest BCUT2D eigenvalue weighted by molar-refractivity contribution is 5.72. The number of morpholine rings is 1. The van der Waals surface area contributed by atoms with E-state index < -0.39 is 0 Å². The summed E-state index contributed by atoms with van der Waals surface area (Å²) in [4.78, 5) is 4.89. The van der Waals surface area contributed by atoms with Gasteiger partial charge in [-0.15, -0.1) is 0 Å². The molecule has 1 aromatic carbocycles. The first-order chi connectivity index (χ1) is 10.9. The maximum atomic E-state index is 5.62. The van der Waals surface area contributed by atoms with Crippen LogP contribution in [0.5, 0.6) is 0 Å². The summed E-state index contributed by atoms with van der Waals surface area (Å²) in [7, 11) is 0. The van der Waals surface area contributed by atoms with Gasteiger partial charge in [-0.1, -0.05) is 0 Å². The molecular weight excluding hydrogens is 276 g/mol. The van der Waals surface area contributed by atoms with Gasteiger partial charge >= 0.3 is 0 Å². The van der Waals surface area contributed by atoms with Crippen LogP contribution >= 0.6 is 0 Å². The Balaban J connectivity index is 1.72. The quantitative estimate of drug-likeness (QED) is 0.868. The highest BCUT2D eigenvalue weighted by atomic mass is 16.5. The van der Waals surface area contributed by atoms with Gasteiger partial charge in [0.25, 0.3) is 0 Å². The Morgan fingerprint density at radius 2 is 1.50 bits per heavy atom. The van der Waals surface area contributed by atoms with Crippen molar-refractivity contribution in [2.24, 2.45) is 0 Å². The second-order valence-electron chi connectivity index (χ2n) is 6.01. The highest BCUT2D eigenvalue weighted by Crippen LogP contribution is 2.33. The Morgan fingerprint density at radius 3 is 2.14 bits per heavy atom. The smallest absolute Gasteiger partial charge is 0.133 e. The molecule has 0 bridgehead atoms. The number of hydrogen-bond donors (Lipinski definition) is 0. The lowest BCUT2D eigenvalue weighted by Gasteiger charge is -2.30. The van der Waals surface area contributed by atoms with Crippen molar-refractivity contribution in [1.82, 2.24) is 0 Å². The minimum atomic E-state index is 0.810. The summed E-state index contributed by atoms with van der Waals surface area (Å²) in [5.41, 5.74) is 3.75. The SMILES string of the molecule is c1coc(-c2cc(N3CCCC3)cc(N3CCOCC3)c2)c1. The van der Waals surface area contributed by atoms with Crippen molar-refractivity contribution >= 4 is 11.4 Å². The molecule has 2 aliphatic rings. The van der Waals surface area contributed by atoms with Crippen molar-refractivity contribution in [3.05, 3.63) is 36.6 Å². The minimum absolute atomic E-state index is 0.810. The summed E-state index contributed by atoms with van der Waals surface area (Å²) in [6.45, 7) is 5.85. The molecule has 0 saturated carbocycles. The van der Waals surface area contributed by atoms with E-state index in [1.165, 1.54) is 24.2 Å². The van der Waals surface area contributed by atoms with Gasteiger partial charge in [-0.3, -0.25) is 0 Å². The molecule has 0 N–H and O–H groups in total. The van der Waals surface area contributed by atoms with Crippen LogP contribution in [-0.4, -0.2) is 39.4 Å². The maximum absolute atomic E-state index is 5.62. The van der Waals surface area contributed by atoms with E-state index in [-0.39, 0.29) is 0 Å². The predicted octanol–water partition coefficient (Wildman–Crippen LogP) is 3.38. The standard InChI is InChI=1S/C18H22N2O2/c1-2-6-19(5-1)16-12-15(18-4-3-9-22-18)13-17(14-16)20-7-10-21-11-8-20/h3-4,9,12-14H,1-2,5-8,10-11H2. The van der Waals surface area contributed by atoms with Crippen molar-refractivity contribution in [3.63, 3.8) is 0 Å². The van der Waals surface area contributed by atoms with E-state index in [4.69, 9.17) is 9.15 Å². The van der Waals surface area contributed by atoms with Crippen LogP contribution in [0.1, 0.15) is 12.8 Å². The third kappa shape index (κ3) is 2.71. The molecule has 0 spiro atoms. The fourth-order valence-corrected chi connectivity index (χ4v) is 3.34. The Morgan fingerprint density at radius 1 is 0.818 bits per heavy atom. The van der Waals surface area contributed by atoms with E-state index in [0.29, 0.717) is 0 Å². The summed E-state index contributed by atoms with van der Waals surface area (Å²) in [5.74, 6) is 0.940. The molecule has 2 saturated heterocycles. The zero-order valence-corrected chi connectivity index (χ0v) is 12.8. The number of anilines is 2. The molecular formula is C18H22N2O2. The largest absolute Gasteiger partial charge is 0.464 e. The first-order valence-corrected chi connectivity index (χ1v) is 8.17. The summed E-state index contributed by atoms with van der Waals surface area (Å²) in [5, 5.41) is 0. The van der Waals surface area contributed by atoms with Crippen molar-refractivity contribution < 1.29 is 9.15 Å². The van der Waals surface area contributed by atoms with E-state index in [2.05, 4.69) is 28.0 Å². The molecule has 0 radical (unpaired) electrons. The summed E-state index contributed by atoms with van der Waals surface area (Å²) < 4.78 is 11.1. The second kappa shape index (κ2) is 6.05. The lowest BCUT2D eigenvalue weighted by molar-refractivity contribution is 0.122. The number of nitrogens with zero attached hydrogens (tertiary/aromatic N) is 2. The molecule has 0 aliphatic carbocycles. The van der Waals surface area contributed by atoms with Crippen molar-refractivity contribution in [2.45, 2.75) is 12.8 Å². The molecule has 2 fully saturated rings. The van der Waals surface area contributed by atoms with E-state index in [1.54, 1.807) is 6.26 Å². The fraction of sp³-hybridized carbons (Fsp3) is 0.444. The van der Waals surface area contributed by atoms with E-state index in [9.17, 15) is 0 Å². The van der Waals surface area contributed by atoms with Gasteiger partial charge in [0.2, 0.25) is 0 Å². The third-order valence-electron chi connectivity index (χ3n) is 4.56. The summed E-state index contributed by atoms with van der Waals surface area (Å²) in [6, 6.07) is 10.8. The van der Waals surface area contributed by atoms with Crippen LogP contribution in [0, 0.1) is 0 Å². The molecule has 0 unspecified atom stereocenters. The van der Waals surface area contributed by atoms with Gasteiger partial charge in [0, 0.05) is 43.1 Å². The lowest BCUT2D eigenvalue weighted by atomic mass is 10.1. The normalized spacial score (nSPS) is 18.9. The van der Waals surface area contributed by atoms with E-state index >= 15 is 0 Å². The van der Waals surface area contributed by atoms with Gasteiger partial charge in [-0.25, -0.2) is 0 Å². The van der Waals surface area contributed by atoms with Crippen molar-refractivity contribution in [2.75, 3.05) is 49.2 Å². The van der Waals surface area contributed by atoms with E-state index in [1.807, 2.05) is 12.1 Å². The average molecular weight is 298 g/mol. The van der Waals surface area contributed by atoms with Crippen LogP contribution in [0.2, 0.25) is 0 Å². The molecule has 116 valence electrons. The molecule has 2 aliphatic heterocycles. The monoisotopic (exact) mass is 298 g/mol. The predicted molar refractivity (Wildman–Crippen MR) is 88.6 cm³/mol. The molecule has 4 nitrogen and oxygen atoms in total. The second-order valence-corrected chi connectivity index (χ2v) is 6.01. The number of hydrogen-bond acceptors (Lipinski definition) is 4. The third-order valence-corrected chi connectivity index (χ3v) is 4.56. The summed E-state index contributed by atoms with van der Waals surface area (Å²) in [6.07, 6.45) is 4.32. The first kappa shape index (κ1) is 13.7. The first-order valence-electron chi connectivity index (χ1n) is 8.17.